The second-order valence-corrected chi connectivity index (χ2v) is 45.1. The second kappa shape index (κ2) is 4.73. The molecule has 0 radical (unpaired) electrons. The molecule has 0 heterocycles. The van der Waals surface area contributed by atoms with Crippen molar-refractivity contribution >= 4 is 76.9 Å². The fourth-order valence-electron chi connectivity index (χ4n) is 0.164. The van der Waals surface area contributed by atoms with Crippen LogP contribution in [0, 0.1) is 0 Å². The molecule has 0 amide bonds. The van der Waals surface area contributed by atoms with E-state index in [1.165, 1.54) is 5.75 Å². The van der Waals surface area contributed by atoms with Crippen molar-refractivity contribution in [1.29, 1.82) is 0 Å². The van der Waals surface area contributed by atoms with Gasteiger partial charge in [0.05, 0.1) is 0 Å². The van der Waals surface area contributed by atoms with Crippen molar-refractivity contribution in [2.24, 2.45) is 0 Å². The van der Waals surface area contributed by atoms with Crippen LogP contribution in [-0.2, 0) is 0 Å². The Morgan fingerprint density at radius 2 is 1.86 bits per heavy atom. The van der Waals surface area contributed by atoms with Gasteiger partial charge in [0.2, 0.25) is 0 Å². The van der Waals surface area contributed by atoms with Crippen LogP contribution in [0.25, 0.3) is 0 Å². The monoisotopic (exact) mass is 474 g/mol. The van der Waals surface area contributed by atoms with Crippen LogP contribution in [0.2, 0.25) is 0 Å². The zero-order chi connectivity index (χ0) is 5.91. The summed E-state index contributed by atoms with van der Waals surface area (Å²) in [6, 6.07) is 0. The van der Waals surface area contributed by atoms with Crippen molar-refractivity contribution in [3.8, 4) is 0 Å². The van der Waals surface area contributed by atoms with Gasteiger partial charge >= 0.3 is 89.6 Å². The molecule has 0 aromatic rings. The summed E-state index contributed by atoms with van der Waals surface area (Å²) < 4.78 is -0.831. The number of hydrogen-bond acceptors (Lipinski definition) is 1. The molecule has 0 saturated carbocycles. The van der Waals surface area contributed by atoms with Crippen molar-refractivity contribution in [2.75, 3.05) is 5.75 Å². The number of halogens is 3. The van der Waals surface area contributed by atoms with Gasteiger partial charge in [-0.3, -0.25) is 0 Å². The SMILES string of the molecule is CCS[PH](I)(I)I. The van der Waals surface area contributed by atoms with E-state index in [1.807, 2.05) is 0 Å². The van der Waals surface area contributed by atoms with Crippen LogP contribution in [0.4, 0.5) is 0 Å². The average Bonchev–Trinajstić information content (AvgIpc) is 1.30. The minimum absolute atomic E-state index is 0.831. The molecular weight excluding hydrogens is 468 g/mol. The van der Waals surface area contributed by atoms with Crippen LogP contribution in [-0.4, -0.2) is 5.75 Å². The molecule has 0 aliphatic heterocycles. The molecule has 0 aromatic heterocycles. The molecule has 0 fully saturated rings. The van der Waals surface area contributed by atoms with Gasteiger partial charge in [-0.25, -0.2) is 0 Å². The Bertz CT molecular complexity index is 51.4. The first-order chi connectivity index (χ1) is 3.06. The number of hydrogen-bond donors (Lipinski definition) is 0. The van der Waals surface area contributed by atoms with Crippen molar-refractivity contribution in [3.63, 3.8) is 0 Å². The van der Waals surface area contributed by atoms with Gasteiger partial charge in [-0.05, 0) is 0 Å². The van der Waals surface area contributed by atoms with Gasteiger partial charge < -0.3 is 0 Å². The van der Waals surface area contributed by atoms with E-state index >= 15 is 0 Å². The van der Waals surface area contributed by atoms with E-state index < -0.39 is -0.608 Å². The zero-order valence-electron chi connectivity index (χ0n) is 3.75. The predicted molar refractivity (Wildman–Crippen MR) is 68.5 cm³/mol. The molecule has 7 heavy (non-hydrogen) atoms. The van der Waals surface area contributed by atoms with Gasteiger partial charge in [0.15, 0.2) is 0 Å². The summed E-state index contributed by atoms with van der Waals surface area (Å²) in [6.07, 6.45) is 0. The third kappa shape index (κ3) is 8.97. The van der Waals surface area contributed by atoms with Gasteiger partial charge in [-0.15, -0.1) is 0 Å². The van der Waals surface area contributed by atoms with E-state index in [0.717, 1.165) is 0 Å². The first-order valence-electron chi connectivity index (χ1n) is 1.77. The molecule has 0 rings (SSSR count). The van der Waals surface area contributed by atoms with E-state index in [9.17, 15) is 0 Å². The first kappa shape index (κ1) is 9.97. The molecule has 0 N–H and O–H groups in total. The summed E-state index contributed by atoms with van der Waals surface area (Å²) in [5.41, 5.74) is 0. The molecule has 46 valence electrons. The molecular formula is C2H6I3PS. The topological polar surface area (TPSA) is 0 Å². The van der Waals surface area contributed by atoms with Gasteiger partial charge in [-0.1, -0.05) is 0 Å². The van der Waals surface area contributed by atoms with Crippen LogP contribution in [0.15, 0.2) is 0 Å². The summed E-state index contributed by atoms with van der Waals surface area (Å²) in [4.78, 5) is 0. The third-order valence-electron chi connectivity index (χ3n) is 0.308. The Kier molecular flexibility index (Phi) is 6.74. The van der Waals surface area contributed by atoms with Crippen LogP contribution < -0.4 is 0 Å². The van der Waals surface area contributed by atoms with E-state index in [0.29, 0.717) is 0 Å². The fourth-order valence-corrected chi connectivity index (χ4v) is 9.88. The Hall–Kier alpha value is 2.97. The Labute approximate surface area is 87.9 Å². The van der Waals surface area contributed by atoms with Crippen molar-refractivity contribution < 1.29 is 0 Å². The quantitative estimate of drug-likeness (QED) is 0.422. The minimum atomic E-state index is -0.831. The molecule has 0 unspecified atom stereocenters. The first-order valence-corrected chi connectivity index (χ1v) is 14.8. The Morgan fingerprint density at radius 3 is 1.86 bits per heavy atom. The van der Waals surface area contributed by atoms with Crippen molar-refractivity contribution in [3.05, 3.63) is 0 Å². The molecule has 0 bridgehead atoms. The number of rotatable bonds is 2. The third-order valence-corrected chi connectivity index (χ3v) is 11.2. The van der Waals surface area contributed by atoms with Gasteiger partial charge in [0.25, 0.3) is 0 Å². The van der Waals surface area contributed by atoms with Gasteiger partial charge in [0, 0.05) is 0 Å². The van der Waals surface area contributed by atoms with Crippen LogP contribution in [0.3, 0.4) is 0 Å². The van der Waals surface area contributed by atoms with Crippen LogP contribution in [0.5, 0.6) is 0 Å². The van der Waals surface area contributed by atoms with E-state index in [1.54, 1.807) is 0 Å². The van der Waals surface area contributed by atoms with E-state index in [2.05, 4.69) is 84.4 Å². The summed E-state index contributed by atoms with van der Waals surface area (Å²) in [7, 11) is 0. The maximum atomic E-state index is 2.55. The second-order valence-electron chi connectivity index (χ2n) is 0.879. The maximum absolute atomic E-state index is 2.55. The predicted octanol–water partition coefficient (Wildman–Crippen LogP) is 4.45. The van der Waals surface area contributed by atoms with Crippen LogP contribution >= 0.6 is 76.9 Å². The zero-order valence-corrected chi connectivity index (χ0v) is 12.0. The molecule has 0 aliphatic carbocycles. The molecule has 0 aliphatic rings. The standard InChI is InChI=1S/C2H6I3PS/c1-2-7-6(3,4)5/h6H,2H2,1H3. The average molecular weight is 474 g/mol. The Morgan fingerprint density at radius 1 is 1.43 bits per heavy atom. The van der Waals surface area contributed by atoms with Gasteiger partial charge in [-0.2, -0.15) is 0 Å². The molecule has 0 saturated heterocycles. The summed E-state index contributed by atoms with van der Waals surface area (Å²) in [5, 5.41) is 0. The van der Waals surface area contributed by atoms with Crippen molar-refractivity contribution in [2.45, 2.75) is 6.92 Å². The van der Waals surface area contributed by atoms with Gasteiger partial charge in [0.1, 0.15) is 0 Å². The van der Waals surface area contributed by atoms with E-state index in [4.69, 9.17) is 0 Å². The summed E-state index contributed by atoms with van der Waals surface area (Å²) in [5.74, 6) is 1.26. The summed E-state index contributed by atoms with van der Waals surface area (Å²) in [6.45, 7) is 2.21. The van der Waals surface area contributed by atoms with Crippen LogP contribution in [0.1, 0.15) is 6.92 Å². The van der Waals surface area contributed by atoms with Crippen molar-refractivity contribution in [1.82, 2.24) is 0 Å². The fraction of sp³-hybridized carbons (Fsp3) is 1.00. The molecule has 0 atom stereocenters. The molecule has 0 nitrogen and oxygen atoms in total. The summed E-state index contributed by atoms with van der Waals surface area (Å²) >= 11 is 9.74. The van der Waals surface area contributed by atoms with E-state index in [-0.39, 0.29) is 0 Å². The Balaban J connectivity index is 3.15. The molecule has 0 spiro atoms. The molecule has 0 aromatic carbocycles. The molecule has 5 heteroatoms. The normalized spacial score (nSPS) is 14.3.